The highest BCUT2D eigenvalue weighted by Gasteiger charge is 2.12. The van der Waals surface area contributed by atoms with Crippen LogP contribution in [-0.2, 0) is 0 Å². The number of aromatic nitrogens is 1. The largest absolute Gasteiger partial charge is 0.438 e. The van der Waals surface area contributed by atoms with E-state index >= 15 is 0 Å². The van der Waals surface area contributed by atoms with Crippen LogP contribution in [0.5, 0.6) is 11.6 Å². The predicted octanol–water partition coefficient (Wildman–Crippen LogP) is 3.27. The lowest BCUT2D eigenvalue weighted by Crippen LogP contribution is -1.97. The van der Waals surface area contributed by atoms with Crippen LogP contribution >= 0.6 is 0 Å². The number of nitriles is 1. The summed E-state index contributed by atoms with van der Waals surface area (Å²) in [5.41, 5.74) is 1.84. The maximum atomic E-state index is 10.6. The van der Waals surface area contributed by atoms with Gasteiger partial charge in [0.1, 0.15) is 17.4 Å². The van der Waals surface area contributed by atoms with E-state index in [1.165, 1.54) is 24.3 Å². The van der Waals surface area contributed by atoms with E-state index in [-0.39, 0.29) is 11.6 Å². The average molecular weight is 269 g/mol. The molecule has 0 aliphatic heterocycles. The molecular weight excluding hydrogens is 258 g/mol. The van der Waals surface area contributed by atoms with Crippen LogP contribution in [-0.4, -0.2) is 9.91 Å². The zero-order valence-electron chi connectivity index (χ0n) is 11.0. The molecule has 6 heteroatoms. The van der Waals surface area contributed by atoms with Crippen LogP contribution in [0.25, 0.3) is 0 Å². The van der Waals surface area contributed by atoms with E-state index < -0.39 is 4.92 Å². The van der Waals surface area contributed by atoms with Crippen molar-refractivity contribution in [2.75, 3.05) is 0 Å². The van der Waals surface area contributed by atoms with E-state index in [2.05, 4.69) is 4.98 Å². The summed E-state index contributed by atoms with van der Waals surface area (Å²) in [4.78, 5) is 14.3. The van der Waals surface area contributed by atoms with Gasteiger partial charge in [0.25, 0.3) is 5.69 Å². The minimum absolute atomic E-state index is 0.0220. The van der Waals surface area contributed by atoms with Crippen LogP contribution in [0.3, 0.4) is 0 Å². The third-order valence-electron chi connectivity index (χ3n) is 2.69. The van der Waals surface area contributed by atoms with Gasteiger partial charge in [0, 0.05) is 17.8 Å². The van der Waals surface area contributed by atoms with Gasteiger partial charge in [-0.3, -0.25) is 10.1 Å². The third-order valence-corrected chi connectivity index (χ3v) is 2.69. The Labute approximate surface area is 115 Å². The van der Waals surface area contributed by atoms with Crippen LogP contribution in [0.1, 0.15) is 16.8 Å². The minimum atomic E-state index is -0.487. The first kappa shape index (κ1) is 13.5. The minimum Gasteiger partial charge on any atom is -0.438 e. The van der Waals surface area contributed by atoms with Crippen LogP contribution < -0.4 is 4.74 Å². The molecule has 0 aliphatic carbocycles. The number of hydrogen-bond acceptors (Lipinski definition) is 5. The topological polar surface area (TPSA) is 89.0 Å². The Morgan fingerprint density at radius 2 is 1.95 bits per heavy atom. The summed E-state index contributed by atoms with van der Waals surface area (Å²) in [7, 11) is 0. The van der Waals surface area contributed by atoms with Crippen molar-refractivity contribution in [3.05, 3.63) is 57.3 Å². The molecule has 1 aromatic heterocycles. The maximum Gasteiger partial charge on any atom is 0.269 e. The van der Waals surface area contributed by atoms with Gasteiger partial charge in [0.2, 0.25) is 5.88 Å². The zero-order valence-corrected chi connectivity index (χ0v) is 11.0. The summed E-state index contributed by atoms with van der Waals surface area (Å²) in [5, 5.41) is 19.7. The number of nitrogens with zero attached hydrogens (tertiary/aromatic N) is 3. The molecule has 0 atom stereocenters. The summed E-state index contributed by atoms with van der Waals surface area (Å²) >= 11 is 0. The first-order valence-electron chi connectivity index (χ1n) is 5.82. The van der Waals surface area contributed by atoms with Crippen LogP contribution in [0.2, 0.25) is 0 Å². The lowest BCUT2D eigenvalue weighted by Gasteiger charge is -2.09. The maximum absolute atomic E-state index is 10.6. The molecule has 6 nitrogen and oxygen atoms in total. The Kier molecular flexibility index (Phi) is 3.62. The van der Waals surface area contributed by atoms with Crippen molar-refractivity contribution in [3.8, 4) is 17.7 Å². The van der Waals surface area contributed by atoms with E-state index in [0.29, 0.717) is 11.3 Å². The molecule has 0 radical (unpaired) electrons. The lowest BCUT2D eigenvalue weighted by atomic mass is 10.1. The van der Waals surface area contributed by atoms with E-state index in [9.17, 15) is 10.1 Å². The van der Waals surface area contributed by atoms with E-state index in [0.717, 1.165) is 11.3 Å². The lowest BCUT2D eigenvalue weighted by molar-refractivity contribution is -0.384. The van der Waals surface area contributed by atoms with Gasteiger partial charge < -0.3 is 4.74 Å². The summed E-state index contributed by atoms with van der Waals surface area (Å²) < 4.78 is 5.54. The Balaban J connectivity index is 2.35. The van der Waals surface area contributed by atoms with Crippen LogP contribution in [0, 0.1) is 35.3 Å². The number of non-ortho nitro benzene ring substituents is 1. The number of nitro benzene ring substituents is 1. The smallest absolute Gasteiger partial charge is 0.269 e. The summed E-state index contributed by atoms with van der Waals surface area (Å²) in [6, 6.07) is 9.45. The van der Waals surface area contributed by atoms with Crippen molar-refractivity contribution in [1.82, 2.24) is 4.98 Å². The van der Waals surface area contributed by atoms with Crippen LogP contribution in [0.15, 0.2) is 30.3 Å². The van der Waals surface area contributed by atoms with Crippen molar-refractivity contribution < 1.29 is 9.66 Å². The Morgan fingerprint density at radius 1 is 1.30 bits per heavy atom. The van der Waals surface area contributed by atoms with E-state index in [1.807, 2.05) is 6.07 Å². The fourth-order valence-corrected chi connectivity index (χ4v) is 1.76. The Bertz CT molecular complexity index is 703. The number of hydrogen-bond donors (Lipinski definition) is 0. The molecule has 0 saturated heterocycles. The first-order chi connectivity index (χ1) is 9.51. The molecule has 0 saturated carbocycles. The standard InChI is InChI=1S/C14H11N3O3/c1-9-7-10(2)16-14(13(9)8-15)20-12-5-3-11(4-6-12)17(18)19/h3-7H,1-2H3. The molecule has 100 valence electrons. The first-order valence-corrected chi connectivity index (χ1v) is 5.82. The van der Waals surface area contributed by atoms with Crippen molar-refractivity contribution in [2.24, 2.45) is 0 Å². The van der Waals surface area contributed by atoms with Crippen molar-refractivity contribution in [2.45, 2.75) is 13.8 Å². The quantitative estimate of drug-likeness (QED) is 0.630. The Hall–Kier alpha value is -2.94. The van der Waals surface area contributed by atoms with Crippen LogP contribution in [0.4, 0.5) is 5.69 Å². The number of nitro groups is 1. The molecule has 0 N–H and O–H groups in total. The van der Waals surface area contributed by atoms with Gasteiger partial charge in [0.05, 0.1) is 4.92 Å². The number of ether oxygens (including phenoxy) is 1. The predicted molar refractivity (Wildman–Crippen MR) is 71.6 cm³/mol. The summed E-state index contributed by atoms with van der Waals surface area (Å²) in [5.74, 6) is 0.600. The van der Waals surface area contributed by atoms with Gasteiger partial charge in [0.15, 0.2) is 0 Å². The number of aryl methyl sites for hydroxylation is 2. The average Bonchev–Trinajstić information content (AvgIpc) is 2.39. The van der Waals surface area contributed by atoms with Gasteiger partial charge in [-0.15, -0.1) is 0 Å². The molecule has 0 amide bonds. The fourth-order valence-electron chi connectivity index (χ4n) is 1.76. The summed E-state index contributed by atoms with van der Waals surface area (Å²) in [6.45, 7) is 3.60. The molecule has 0 unspecified atom stereocenters. The SMILES string of the molecule is Cc1cc(C)c(C#N)c(Oc2ccc([N+](=O)[O-])cc2)n1. The van der Waals surface area contributed by atoms with Gasteiger partial charge in [-0.25, -0.2) is 4.98 Å². The Morgan fingerprint density at radius 3 is 2.50 bits per heavy atom. The molecule has 20 heavy (non-hydrogen) atoms. The van der Waals surface area contributed by atoms with E-state index in [4.69, 9.17) is 10.00 Å². The summed E-state index contributed by atoms with van der Waals surface area (Å²) in [6.07, 6.45) is 0. The van der Waals surface area contributed by atoms with E-state index in [1.54, 1.807) is 19.9 Å². The molecule has 0 aliphatic rings. The number of benzene rings is 1. The third kappa shape index (κ3) is 2.72. The zero-order chi connectivity index (χ0) is 14.7. The van der Waals surface area contributed by atoms with Gasteiger partial charge >= 0.3 is 0 Å². The van der Waals surface area contributed by atoms with Gasteiger partial charge in [-0.1, -0.05) is 0 Å². The monoisotopic (exact) mass is 269 g/mol. The molecule has 0 bridgehead atoms. The number of pyridine rings is 1. The molecule has 1 heterocycles. The number of rotatable bonds is 3. The molecular formula is C14H11N3O3. The van der Waals surface area contributed by atoms with Crippen molar-refractivity contribution in [3.63, 3.8) is 0 Å². The highest BCUT2D eigenvalue weighted by atomic mass is 16.6. The second kappa shape index (κ2) is 5.36. The fraction of sp³-hybridized carbons (Fsp3) is 0.143. The van der Waals surface area contributed by atoms with Crippen molar-refractivity contribution in [1.29, 1.82) is 5.26 Å². The van der Waals surface area contributed by atoms with Gasteiger partial charge in [-0.2, -0.15) is 5.26 Å². The normalized spacial score (nSPS) is 9.85. The highest BCUT2D eigenvalue weighted by Crippen LogP contribution is 2.27. The molecule has 0 spiro atoms. The molecule has 2 aromatic rings. The van der Waals surface area contributed by atoms with Gasteiger partial charge in [-0.05, 0) is 37.6 Å². The molecule has 0 fully saturated rings. The molecule has 2 rings (SSSR count). The molecule has 1 aromatic carbocycles. The second-order valence-corrected chi connectivity index (χ2v) is 4.23. The second-order valence-electron chi connectivity index (χ2n) is 4.23. The van der Waals surface area contributed by atoms with Crippen molar-refractivity contribution >= 4 is 5.69 Å². The highest BCUT2D eigenvalue weighted by molar-refractivity contribution is 5.47.